The van der Waals surface area contributed by atoms with Gasteiger partial charge < -0.3 is 15.8 Å². The Bertz CT molecular complexity index is 696. The summed E-state index contributed by atoms with van der Waals surface area (Å²) in [6, 6.07) is 8.00. The van der Waals surface area contributed by atoms with Gasteiger partial charge in [-0.25, -0.2) is 0 Å². The summed E-state index contributed by atoms with van der Waals surface area (Å²) in [5.74, 6) is 0.582. The highest BCUT2D eigenvalue weighted by atomic mass is 16.4. The number of oxime groups is 1. The van der Waals surface area contributed by atoms with Crippen molar-refractivity contribution in [3.63, 3.8) is 0 Å². The molecule has 3 N–H and O–H groups in total. The van der Waals surface area contributed by atoms with E-state index in [1.54, 1.807) is 0 Å². The van der Waals surface area contributed by atoms with E-state index in [-0.39, 0.29) is 5.84 Å². The molecule has 21 heavy (non-hydrogen) atoms. The summed E-state index contributed by atoms with van der Waals surface area (Å²) in [6.45, 7) is 5.74. The first-order valence-electron chi connectivity index (χ1n) is 6.58. The van der Waals surface area contributed by atoms with Crippen molar-refractivity contribution < 1.29 is 5.21 Å². The number of aromatic nitrogens is 2. The fourth-order valence-corrected chi connectivity index (χ4v) is 2.15. The van der Waals surface area contributed by atoms with Crippen LogP contribution in [-0.2, 0) is 0 Å². The third-order valence-corrected chi connectivity index (χ3v) is 3.51. The second-order valence-corrected chi connectivity index (χ2v) is 4.99. The Morgan fingerprint density at radius 3 is 2.57 bits per heavy atom. The standard InChI is InChI=1S/C15H19N5O/c1-9-6-5-7-12(8-9)20(4)15-13(14(16)19-21)10(2)11(3)17-18-15/h5-8,21H,1-4H3,(H2,16,19). The quantitative estimate of drug-likeness (QED) is 0.391. The summed E-state index contributed by atoms with van der Waals surface area (Å²) < 4.78 is 0. The topological polar surface area (TPSA) is 87.6 Å². The first kappa shape index (κ1) is 14.8. The molecule has 0 fully saturated rings. The fourth-order valence-electron chi connectivity index (χ4n) is 2.15. The van der Waals surface area contributed by atoms with E-state index >= 15 is 0 Å². The summed E-state index contributed by atoms with van der Waals surface area (Å²) in [5.41, 5.74) is 10.1. The molecule has 0 aliphatic rings. The van der Waals surface area contributed by atoms with Crippen molar-refractivity contribution in [1.82, 2.24) is 10.2 Å². The van der Waals surface area contributed by atoms with Crippen molar-refractivity contribution in [3.05, 3.63) is 46.6 Å². The van der Waals surface area contributed by atoms with Gasteiger partial charge in [-0.3, -0.25) is 0 Å². The predicted molar refractivity (Wildman–Crippen MR) is 83.3 cm³/mol. The third kappa shape index (κ3) is 2.79. The Balaban J connectivity index is 2.61. The molecule has 0 aliphatic carbocycles. The number of nitrogens with two attached hydrogens (primary N) is 1. The molecular formula is C15H19N5O. The Labute approximate surface area is 123 Å². The molecular weight excluding hydrogens is 266 g/mol. The van der Waals surface area contributed by atoms with Crippen LogP contribution in [-0.4, -0.2) is 28.3 Å². The van der Waals surface area contributed by atoms with Crippen molar-refractivity contribution in [2.45, 2.75) is 20.8 Å². The molecule has 0 bridgehead atoms. The van der Waals surface area contributed by atoms with Crippen molar-refractivity contribution in [2.75, 3.05) is 11.9 Å². The van der Waals surface area contributed by atoms with Crippen LogP contribution >= 0.6 is 0 Å². The Morgan fingerprint density at radius 2 is 1.95 bits per heavy atom. The minimum Gasteiger partial charge on any atom is -0.409 e. The number of hydrogen-bond acceptors (Lipinski definition) is 5. The molecule has 0 spiro atoms. The first-order chi connectivity index (χ1) is 9.95. The smallest absolute Gasteiger partial charge is 0.174 e. The lowest BCUT2D eigenvalue weighted by molar-refractivity contribution is 0.318. The van der Waals surface area contributed by atoms with Crippen molar-refractivity contribution in [1.29, 1.82) is 0 Å². The molecule has 6 nitrogen and oxygen atoms in total. The van der Waals surface area contributed by atoms with Crippen molar-refractivity contribution in [3.8, 4) is 0 Å². The highest BCUT2D eigenvalue weighted by molar-refractivity contribution is 6.03. The number of amidine groups is 1. The van der Waals surface area contributed by atoms with Crippen molar-refractivity contribution >= 4 is 17.3 Å². The van der Waals surface area contributed by atoms with Gasteiger partial charge in [-0.1, -0.05) is 17.3 Å². The number of aryl methyl sites for hydroxylation is 2. The van der Waals surface area contributed by atoms with E-state index in [0.29, 0.717) is 11.4 Å². The van der Waals surface area contributed by atoms with E-state index < -0.39 is 0 Å². The van der Waals surface area contributed by atoms with Gasteiger partial charge in [0, 0.05) is 12.7 Å². The zero-order chi connectivity index (χ0) is 15.6. The molecule has 2 aromatic rings. The average molecular weight is 285 g/mol. The van der Waals surface area contributed by atoms with Crippen LogP contribution in [0.3, 0.4) is 0 Å². The highest BCUT2D eigenvalue weighted by Crippen LogP contribution is 2.27. The van der Waals surface area contributed by atoms with Gasteiger partial charge in [0.15, 0.2) is 11.7 Å². The molecule has 2 rings (SSSR count). The second-order valence-electron chi connectivity index (χ2n) is 4.99. The largest absolute Gasteiger partial charge is 0.409 e. The SMILES string of the molecule is Cc1cccc(N(C)c2nnc(C)c(C)c2C(N)=NO)c1. The lowest BCUT2D eigenvalue weighted by atomic mass is 10.1. The van der Waals surface area contributed by atoms with Crippen LogP contribution in [0.2, 0.25) is 0 Å². The molecule has 0 unspecified atom stereocenters. The molecule has 6 heteroatoms. The number of benzene rings is 1. The maximum atomic E-state index is 9.02. The minimum absolute atomic E-state index is 0.0278. The van der Waals surface area contributed by atoms with Crippen molar-refractivity contribution in [2.24, 2.45) is 10.9 Å². The summed E-state index contributed by atoms with van der Waals surface area (Å²) in [7, 11) is 1.88. The predicted octanol–water partition coefficient (Wildman–Crippen LogP) is 2.26. The van der Waals surface area contributed by atoms with Gasteiger partial charge in [0.05, 0.1) is 11.3 Å². The van der Waals surface area contributed by atoms with Gasteiger partial charge >= 0.3 is 0 Å². The Hall–Kier alpha value is -2.63. The molecule has 0 radical (unpaired) electrons. The molecule has 1 heterocycles. The van der Waals surface area contributed by atoms with E-state index in [4.69, 9.17) is 10.9 Å². The maximum absolute atomic E-state index is 9.02. The van der Waals surface area contributed by atoms with Crippen LogP contribution in [0.1, 0.15) is 22.4 Å². The third-order valence-electron chi connectivity index (χ3n) is 3.51. The van der Waals surface area contributed by atoms with E-state index in [9.17, 15) is 0 Å². The van der Waals surface area contributed by atoms with Crippen LogP contribution < -0.4 is 10.6 Å². The molecule has 1 aromatic heterocycles. The number of nitrogens with zero attached hydrogens (tertiary/aromatic N) is 4. The van der Waals surface area contributed by atoms with Gasteiger partial charge in [0.2, 0.25) is 0 Å². The van der Waals surface area contributed by atoms with Gasteiger partial charge in [-0.2, -0.15) is 5.10 Å². The van der Waals surface area contributed by atoms with E-state index in [2.05, 4.69) is 15.4 Å². The van der Waals surface area contributed by atoms with Crippen LogP contribution in [0.25, 0.3) is 0 Å². The molecule has 0 saturated carbocycles. The number of anilines is 2. The number of rotatable bonds is 3. The minimum atomic E-state index is 0.0278. The van der Waals surface area contributed by atoms with Crippen LogP contribution in [0.5, 0.6) is 0 Å². The van der Waals surface area contributed by atoms with Gasteiger partial charge in [-0.05, 0) is 44.0 Å². The lowest BCUT2D eigenvalue weighted by Gasteiger charge is -2.22. The van der Waals surface area contributed by atoms with E-state index in [1.165, 1.54) is 0 Å². The average Bonchev–Trinajstić information content (AvgIpc) is 2.48. The highest BCUT2D eigenvalue weighted by Gasteiger charge is 2.19. The summed E-state index contributed by atoms with van der Waals surface area (Å²) in [6.07, 6.45) is 0. The molecule has 110 valence electrons. The van der Waals surface area contributed by atoms with Gasteiger partial charge in [-0.15, -0.1) is 5.10 Å². The normalized spacial score (nSPS) is 11.5. The number of hydrogen-bond donors (Lipinski definition) is 2. The van der Waals surface area contributed by atoms with E-state index in [0.717, 1.165) is 22.5 Å². The fraction of sp³-hybridized carbons (Fsp3) is 0.267. The molecule has 0 aliphatic heterocycles. The summed E-state index contributed by atoms with van der Waals surface area (Å²) in [4.78, 5) is 1.87. The first-order valence-corrected chi connectivity index (χ1v) is 6.58. The van der Waals surface area contributed by atoms with Crippen LogP contribution in [0.4, 0.5) is 11.5 Å². The monoisotopic (exact) mass is 285 g/mol. The zero-order valence-corrected chi connectivity index (χ0v) is 12.6. The summed E-state index contributed by atoms with van der Waals surface area (Å²) >= 11 is 0. The van der Waals surface area contributed by atoms with Gasteiger partial charge in [0.25, 0.3) is 0 Å². The molecule has 1 aromatic carbocycles. The Morgan fingerprint density at radius 1 is 1.24 bits per heavy atom. The van der Waals surface area contributed by atoms with E-state index in [1.807, 2.05) is 57.0 Å². The molecule has 0 saturated heterocycles. The van der Waals surface area contributed by atoms with Crippen LogP contribution in [0, 0.1) is 20.8 Å². The Kier molecular flexibility index (Phi) is 4.07. The zero-order valence-electron chi connectivity index (χ0n) is 12.6. The molecule has 0 atom stereocenters. The second kappa shape index (κ2) is 5.78. The van der Waals surface area contributed by atoms with Gasteiger partial charge in [0.1, 0.15) is 0 Å². The maximum Gasteiger partial charge on any atom is 0.174 e. The van der Waals surface area contributed by atoms with Crippen LogP contribution in [0.15, 0.2) is 29.4 Å². The molecule has 0 amide bonds. The lowest BCUT2D eigenvalue weighted by Crippen LogP contribution is -2.23. The summed E-state index contributed by atoms with van der Waals surface area (Å²) in [5, 5.41) is 20.5.